The molecule has 0 aromatic rings. The van der Waals surface area contributed by atoms with E-state index < -0.39 is 11.9 Å². The molecule has 6 nitrogen and oxygen atoms in total. The van der Waals surface area contributed by atoms with Gasteiger partial charge in [0.05, 0.1) is 19.1 Å². The molecule has 6 heteroatoms. The number of hydrogen-bond acceptors (Lipinski definition) is 4. The Morgan fingerprint density at radius 3 is 2.88 bits per heavy atom. The summed E-state index contributed by atoms with van der Waals surface area (Å²) >= 11 is 0. The molecule has 2 unspecified atom stereocenters. The molecule has 1 fully saturated rings. The fraction of sp³-hybridized carbons (Fsp3) is 0.800. The average Bonchev–Trinajstić information content (AvgIpc) is 2.28. The molecule has 1 aliphatic rings. The molecule has 2 atom stereocenters. The Labute approximate surface area is 94.6 Å². The van der Waals surface area contributed by atoms with Gasteiger partial charge in [0.1, 0.15) is 6.04 Å². The lowest BCUT2D eigenvalue weighted by molar-refractivity contribution is -0.144. The Kier molecular flexibility index (Phi) is 4.70. The summed E-state index contributed by atoms with van der Waals surface area (Å²) in [5.74, 6) is -1.45. The SMILES string of the molecule is CNC(=O)C1COCCN1CC(C)C(=O)O. The molecular weight excluding hydrogens is 212 g/mol. The van der Waals surface area contributed by atoms with Crippen LogP contribution in [0, 0.1) is 5.92 Å². The van der Waals surface area contributed by atoms with Crippen molar-refractivity contribution in [3.63, 3.8) is 0 Å². The van der Waals surface area contributed by atoms with Crippen LogP contribution in [0.5, 0.6) is 0 Å². The van der Waals surface area contributed by atoms with E-state index in [0.29, 0.717) is 26.3 Å². The predicted octanol–water partition coefficient (Wildman–Crippen LogP) is -0.846. The molecule has 92 valence electrons. The second-order valence-electron chi connectivity index (χ2n) is 3.94. The minimum atomic E-state index is -0.845. The maximum atomic E-state index is 11.5. The first-order valence-corrected chi connectivity index (χ1v) is 5.32. The lowest BCUT2D eigenvalue weighted by atomic mass is 10.1. The number of amides is 1. The highest BCUT2D eigenvalue weighted by Crippen LogP contribution is 2.10. The monoisotopic (exact) mass is 230 g/mol. The standard InChI is InChI=1S/C10H18N2O4/c1-7(10(14)15)5-12-3-4-16-6-8(12)9(13)11-2/h7-8H,3-6H2,1-2H3,(H,11,13)(H,14,15). The maximum Gasteiger partial charge on any atom is 0.307 e. The number of nitrogens with one attached hydrogen (secondary N) is 1. The van der Waals surface area contributed by atoms with Crippen molar-refractivity contribution in [3.8, 4) is 0 Å². The van der Waals surface area contributed by atoms with E-state index in [9.17, 15) is 9.59 Å². The molecule has 0 aromatic carbocycles. The van der Waals surface area contributed by atoms with Crippen LogP contribution in [-0.2, 0) is 14.3 Å². The Hall–Kier alpha value is -1.14. The third-order valence-corrected chi connectivity index (χ3v) is 2.72. The zero-order valence-electron chi connectivity index (χ0n) is 9.60. The average molecular weight is 230 g/mol. The summed E-state index contributed by atoms with van der Waals surface area (Å²) < 4.78 is 5.23. The van der Waals surface area contributed by atoms with Crippen LogP contribution < -0.4 is 5.32 Å². The third kappa shape index (κ3) is 3.18. The lowest BCUT2D eigenvalue weighted by Crippen LogP contribution is -2.54. The number of carboxylic acid groups (broad SMARTS) is 1. The number of aliphatic carboxylic acids is 1. The van der Waals surface area contributed by atoms with Gasteiger partial charge in [0.2, 0.25) is 5.91 Å². The van der Waals surface area contributed by atoms with Crippen molar-refractivity contribution in [2.45, 2.75) is 13.0 Å². The van der Waals surface area contributed by atoms with Gasteiger partial charge < -0.3 is 15.2 Å². The van der Waals surface area contributed by atoms with Gasteiger partial charge in [-0.05, 0) is 0 Å². The molecule has 0 radical (unpaired) electrons. The quantitative estimate of drug-likeness (QED) is 0.658. The number of hydrogen-bond donors (Lipinski definition) is 2. The highest BCUT2D eigenvalue weighted by atomic mass is 16.5. The van der Waals surface area contributed by atoms with Gasteiger partial charge in [-0.3, -0.25) is 14.5 Å². The maximum absolute atomic E-state index is 11.5. The van der Waals surface area contributed by atoms with E-state index in [4.69, 9.17) is 9.84 Å². The van der Waals surface area contributed by atoms with Gasteiger partial charge in [-0.25, -0.2) is 0 Å². The lowest BCUT2D eigenvalue weighted by Gasteiger charge is -2.35. The van der Waals surface area contributed by atoms with Crippen molar-refractivity contribution >= 4 is 11.9 Å². The topological polar surface area (TPSA) is 78.9 Å². The van der Waals surface area contributed by atoms with Gasteiger partial charge in [-0.1, -0.05) is 6.92 Å². The van der Waals surface area contributed by atoms with E-state index >= 15 is 0 Å². The summed E-state index contributed by atoms with van der Waals surface area (Å²) in [6, 6.07) is -0.374. The van der Waals surface area contributed by atoms with Crippen molar-refractivity contribution in [1.82, 2.24) is 10.2 Å². The van der Waals surface area contributed by atoms with Gasteiger partial charge in [-0.2, -0.15) is 0 Å². The number of nitrogens with zero attached hydrogens (tertiary/aromatic N) is 1. The first-order chi connectivity index (χ1) is 7.56. The summed E-state index contributed by atoms with van der Waals surface area (Å²) in [5, 5.41) is 11.4. The number of carboxylic acids is 1. The van der Waals surface area contributed by atoms with E-state index in [1.54, 1.807) is 14.0 Å². The molecule has 0 aliphatic carbocycles. The van der Waals surface area contributed by atoms with Crippen LogP contribution >= 0.6 is 0 Å². The first-order valence-electron chi connectivity index (χ1n) is 5.32. The molecular formula is C10H18N2O4. The summed E-state index contributed by atoms with van der Waals surface area (Å²) in [6.45, 7) is 3.47. The summed E-state index contributed by atoms with van der Waals surface area (Å²) in [4.78, 5) is 24.2. The molecule has 2 N–H and O–H groups in total. The van der Waals surface area contributed by atoms with E-state index in [2.05, 4.69) is 5.32 Å². The van der Waals surface area contributed by atoms with Crippen LogP contribution in [0.2, 0.25) is 0 Å². The second-order valence-corrected chi connectivity index (χ2v) is 3.94. The molecule has 1 heterocycles. The number of morpholine rings is 1. The molecule has 1 amide bonds. The van der Waals surface area contributed by atoms with Gasteiger partial charge in [-0.15, -0.1) is 0 Å². The minimum Gasteiger partial charge on any atom is -0.481 e. The fourth-order valence-electron chi connectivity index (χ4n) is 1.69. The Morgan fingerprint density at radius 2 is 2.31 bits per heavy atom. The molecule has 16 heavy (non-hydrogen) atoms. The Bertz CT molecular complexity index is 270. The summed E-state index contributed by atoms with van der Waals surface area (Å²) in [5.41, 5.74) is 0. The number of carbonyl (C=O) groups excluding carboxylic acids is 1. The van der Waals surface area contributed by atoms with Crippen LogP contribution in [0.1, 0.15) is 6.92 Å². The second kappa shape index (κ2) is 5.81. The normalized spacial score (nSPS) is 23.8. The molecule has 1 saturated heterocycles. The van der Waals surface area contributed by atoms with Gasteiger partial charge in [0.15, 0.2) is 0 Å². The highest BCUT2D eigenvalue weighted by Gasteiger charge is 2.30. The fourth-order valence-corrected chi connectivity index (χ4v) is 1.69. The van der Waals surface area contributed by atoms with Crippen LogP contribution in [0.15, 0.2) is 0 Å². The van der Waals surface area contributed by atoms with Crippen LogP contribution in [0.3, 0.4) is 0 Å². The number of carbonyl (C=O) groups is 2. The van der Waals surface area contributed by atoms with Gasteiger partial charge >= 0.3 is 5.97 Å². The van der Waals surface area contributed by atoms with Crippen LogP contribution in [-0.4, -0.2) is 61.3 Å². The highest BCUT2D eigenvalue weighted by molar-refractivity contribution is 5.81. The van der Waals surface area contributed by atoms with E-state index in [-0.39, 0.29) is 11.9 Å². The largest absolute Gasteiger partial charge is 0.481 e. The smallest absolute Gasteiger partial charge is 0.307 e. The number of likely N-dealkylation sites (N-methyl/N-ethyl adjacent to an activating group) is 1. The van der Waals surface area contributed by atoms with Crippen molar-refractivity contribution in [2.75, 3.05) is 33.4 Å². The summed E-state index contributed by atoms with van der Waals surface area (Å²) in [6.07, 6.45) is 0. The van der Waals surface area contributed by atoms with E-state index in [1.807, 2.05) is 4.90 Å². The number of rotatable bonds is 4. The minimum absolute atomic E-state index is 0.128. The van der Waals surface area contributed by atoms with Crippen molar-refractivity contribution in [1.29, 1.82) is 0 Å². The summed E-state index contributed by atoms with van der Waals surface area (Å²) in [7, 11) is 1.57. The zero-order chi connectivity index (χ0) is 12.1. The van der Waals surface area contributed by atoms with Gasteiger partial charge in [0, 0.05) is 20.1 Å². The predicted molar refractivity (Wildman–Crippen MR) is 57.0 cm³/mol. The van der Waals surface area contributed by atoms with Crippen LogP contribution in [0.4, 0.5) is 0 Å². The third-order valence-electron chi connectivity index (χ3n) is 2.72. The van der Waals surface area contributed by atoms with Crippen molar-refractivity contribution in [3.05, 3.63) is 0 Å². The Balaban J connectivity index is 2.60. The Morgan fingerprint density at radius 1 is 1.62 bits per heavy atom. The molecule has 0 aromatic heterocycles. The zero-order valence-corrected chi connectivity index (χ0v) is 9.60. The number of ether oxygens (including phenoxy) is 1. The molecule has 0 bridgehead atoms. The molecule has 1 aliphatic heterocycles. The molecule has 1 rings (SSSR count). The molecule has 0 saturated carbocycles. The van der Waals surface area contributed by atoms with Crippen molar-refractivity contribution in [2.24, 2.45) is 5.92 Å². The van der Waals surface area contributed by atoms with E-state index in [1.165, 1.54) is 0 Å². The van der Waals surface area contributed by atoms with Crippen molar-refractivity contribution < 1.29 is 19.4 Å². The first kappa shape index (κ1) is 12.9. The van der Waals surface area contributed by atoms with Crippen LogP contribution in [0.25, 0.3) is 0 Å². The van der Waals surface area contributed by atoms with Gasteiger partial charge in [0.25, 0.3) is 0 Å². The molecule has 0 spiro atoms. The van der Waals surface area contributed by atoms with E-state index in [0.717, 1.165) is 0 Å².